The molecule has 1 aliphatic carbocycles. The van der Waals surface area contributed by atoms with E-state index < -0.39 is 0 Å². The Morgan fingerprint density at radius 3 is 2.56 bits per heavy atom. The third kappa shape index (κ3) is 2.22. The summed E-state index contributed by atoms with van der Waals surface area (Å²) in [5, 5.41) is 9.75. The molecular formula is C14H20O2. The zero-order chi connectivity index (χ0) is 11.7. The van der Waals surface area contributed by atoms with Crippen LogP contribution in [0.1, 0.15) is 36.0 Å². The van der Waals surface area contributed by atoms with Crippen molar-refractivity contribution in [3.8, 4) is 5.75 Å². The highest BCUT2D eigenvalue weighted by Gasteiger charge is 2.27. The van der Waals surface area contributed by atoms with Gasteiger partial charge in [0, 0.05) is 0 Å². The van der Waals surface area contributed by atoms with Gasteiger partial charge in [-0.25, -0.2) is 0 Å². The smallest absolute Gasteiger partial charge is 0.124 e. The van der Waals surface area contributed by atoms with Gasteiger partial charge in [0.15, 0.2) is 0 Å². The lowest BCUT2D eigenvalue weighted by Gasteiger charge is -2.20. The van der Waals surface area contributed by atoms with Gasteiger partial charge in [0.2, 0.25) is 0 Å². The Labute approximate surface area is 97.3 Å². The van der Waals surface area contributed by atoms with Crippen LogP contribution in [0.5, 0.6) is 5.75 Å². The van der Waals surface area contributed by atoms with Crippen LogP contribution in [0.4, 0.5) is 0 Å². The summed E-state index contributed by atoms with van der Waals surface area (Å²) >= 11 is 0. The second kappa shape index (κ2) is 4.46. The van der Waals surface area contributed by atoms with Gasteiger partial charge in [-0.05, 0) is 62.8 Å². The van der Waals surface area contributed by atoms with Gasteiger partial charge in [-0.15, -0.1) is 0 Å². The molecule has 2 atom stereocenters. The zero-order valence-electron chi connectivity index (χ0n) is 10.3. The fraction of sp³-hybridized carbons (Fsp3) is 0.571. The number of aryl methyl sites for hydroxylation is 2. The minimum Gasteiger partial charge on any atom is -0.487 e. The summed E-state index contributed by atoms with van der Waals surface area (Å²) in [6.07, 6.45) is 2.60. The minimum atomic E-state index is -0.291. The SMILES string of the molecule is Cc1cc(C)c(C)c(OC2CCCC2O)c1. The highest BCUT2D eigenvalue weighted by molar-refractivity contribution is 5.42. The maximum absolute atomic E-state index is 9.75. The summed E-state index contributed by atoms with van der Waals surface area (Å²) < 4.78 is 5.93. The molecular weight excluding hydrogens is 200 g/mol. The van der Waals surface area contributed by atoms with E-state index in [1.54, 1.807) is 0 Å². The van der Waals surface area contributed by atoms with E-state index >= 15 is 0 Å². The maximum atomic E-state index is 9.75. The van der Waals surface area contributed by atoms with Gasteiger partial charge in [-0.3, -0.25) is 0 Å². The van der Waals surface area contributed by atoms with Gasteiger partial charge in [-0.2, -0.15) is 0 Å². The van der Waals surface area contributed by atoms with Crippen LogP contribution in [0.25, 0.3) is 0 Å². The van der Waals surface area contributed by atoms with E-state index in [9.17, 15) is 5.11 Å². The van der Waals surface area contributed by atoms with Crippen molar-refractivity contribution in [3.05, 3.63) is 28.8 Å². The summed E-state index contributed by atoms with van der Waals surface area (Å²) in [4.78, 5) is 0. The molecule has 1 aromatic carbocycles. The molecule has 1 aromatic rings. The summed E-state index contributed by atoms with van der Waals surface area (Å²) in [6.45, 7) is 6.25. The number of hydrogen-bond acceptors (Lipinski definition) is 2. The molecule has 0 saturated heterocycles. The Kier molecular flexibility index (Phi) is 3.20. The molecule has 1 fully saturated rings. The molecule has 0 radical (unpaired) electrons. The lowest BCUT2D eigenvalue weighted by atomic mass is 10.1. The first-order valence-electron chi connectivity index (χ1n) is 6.00. The highest BCUT2D eigenvalue weighted by Crippen LogP contribution is 2.29. The largest absolute Gasteiger partial charge is 0.487 e. The van der Waals surface area contributed by atoms with Crippen LogP contribution < -0.4 is 4.74 Å². The zero-order valence-corrected chi connectivity index (χ0v) is 10.3. The molecule has 0 heterocycles. The van der Waals surface area contributed by atoms with Gasteiger partial charge in [-0.1, -0.05) is 6.07 Å². The summed E-state index contributed by atoms with van der Waals surface area (Å²) in [6, 6.07) is 4.22. The second-order valence-electron chi connectivity index (χ2n) is 4.86. The molecule has 0 amide bonds. The van der Waals surface area contributed by atoms with Crippen molar-refractivity contribution in [1.29, 1.82) is 0 Å². The van der Waals surface area contributed by atoms with Crippen LogP contribution in [-0.2, 0) is 0 Å². The number of benzene rings is 1. The molecule has 0 aliphatic heterocycles. The van der Waals surface area contributed by atoms with E-state index in [0.717, 1.165) is 25.0 Å². The fourth-order valence-electron chi connectivity index (χ4n) is 2.33. The Hall–Kier alpha value is -1.02. The normalized spacial score (nSPS) is 24.8. The van der Waals surface area contributed by atoms with Gasteiger partial charge < -0.3 is 9.84 Å². The Morgan fingerprint density at radius 2 is 1.94 bits per heavy atom. The van der Waals surface area contributed by atoms with Crippen molar-refractivity contribution in [2.45, 2.75) is 52.2 Å². The first-order chi connectivity index (χ1) is 7.58. The van der Waals surface area contributed by atoms with E-state index in [2.05, 4.69) is 32.9 Å². The predicted molar refractivity (Wildman–Crippen MR) is 64.9 cm³/mol. The van der Waals surface area contributed by atoms with Crippen molar-refractivity contribution in [2.24, 2.45) is 0 Å². The second-order valence-corrected chi connectivity index (χ2v) is 4.86. The third-order valence-corrected chi connectivity index (χ3v) is 3.46. The number of rotatable bonds is 2. The Balaban J connectivity index is 2.20. The van der Waals surface area contributed by atoms with E-state index in [1.165, 1.54) is 16.7 Å². The summed E-state index contributed by atoms with van der Waals surface area (Å²) in [5.74, 6) is 0.934. The molecule has 0 bridgehead atoms. The van der Waals surface area contributed by atoms with Crippen LogP contribution >= 0.6 is 0 Å². The van der Waals surface area contributed by atoms with E-state index in [1.807, 2.05) is 0 Å². The molecule has 1 N–H and O–H groups in total. The van der Waals surface area contributed by atoms with Crippen LogP contribution in [0, 0.1) is 20.8 Å². The first kappa shape index (κ1) is 11.5. The van der Waals surface area contributed by atoms with Gasteiger partial charge in [0.25, 0.3) is 0 Å². The average Bonchev–Trinajstić information content (AvgIpc) is 2.60. The highest BCUT2D eigenvalue weighted by atomic mass is 16.5. The van der Waals surface area contributed by atoms with Gasteiger partial charge in [0.05, 0.1) is 6.10 Å². The third-order valence-electron chi connectivity index (χ3n) is 3.46. The summed E-state index contributed by atoms with van der Waals surface area (Å²) in [5.41, 5.74) is 3.65. The van der Waals surface area contributed by atoms with Crippen LogP contribution in [0.15, 0.2) is 12.1 Å². The number of ether oxygens (including phenoxy) is 1. The standard InChI is InChI=1S/C14H20O2/c1-9-7-10(2)11(3)14(8-9)16-13-6-4-5-12(13)15/h7-8,12-13,15H,4-6H2,1-3H3. The van der Waals surface area contributed by atoms with E-state index in [4.69, 9.17) is 4.74 Å². The van der Waals surface area contributed by atoms with Crippen molar-refractivity contribution in [2.75, 3.05) is 0 Å². The molecule has 2 rings (SSSR count). The van der Waals surface area contributed by atoms with E-state index in [-0.39, 0.29) is 12.2 Å². The molecule has 2 unspecified atom stereocenters. The fourth-order valence-corrected chi connectivity index (χ4v) is 2.33. The van der Waals surface area contributed by atoms with Crippen LogP contribution in [-0.4, -0.2) is 17.3 Å². The van der Waals surface area contributed by atoms with Crippen LogP contribution in [0.3, 0.4) is 0 Å². The number of aliphatic hydroxyl groups is 1. The number of hydrogen-bond donors (Lipinski definition) is 1. The predicted octanol–water partition coefficient (Wildman–Crippen LogP) is 2.90. The Bertz CT molecular complexity index is 385. The molecule has 0 spiro atoms. The van der Waals surface area contributed by atoms with Gasteiger partial charge >= 0.3 is 0 Å². The van der Waals surface area contributed by atoms with E-state index in [0.29, 0.717) is 0 Å². The molecule has 2 nitrogen and oxygen atoms in total. The average molecular weight is 220 g/mol. The minimum absolute atomic E-state index is 0.0140. The van der Waals surface area contributed by atoms with Crippen molar-refractivity contribution in [3.63, 3.8) is 0 Å². The summed E-state index contributed by atoms with van der Waals surface area (Å²) in [7, 11) is 0. The molecule has 2 heteroatoms. The lowest BCUT2D eigenvalue weighted by molar-refractivity contribution is 0.0599. The van der Waals surface area contributed by atoms with Crippen molar-refractivity contribution >= 4 is 0 Å². The maximum Gasteiger partial charge on any atom is 0.124 e. The van der Waals surface area contributed by atoms with Crippen molar-refractivity contribution in [1.82, 2.24) is 0 Å². The molecule has 0 aromatic heterocycles. The van der Waals surface area contributed by atoms with Crippen molar-refractivity contribution < 1.29 is 9.84 Å². The molecule has 1 aliphatic rings. The monoisotopic (exact) mass is 220 g/mol. The lowest BCUT2D eigenvalue weighted by Crippen LogP contribution is -2.26. The van der Waals surface area contributed by atoms with Crippen LogP contribution in [0.2, 0.25) is 0 Å². The number of aliphatic hydroxyl groups excluding tert-OH is 1. The first-order valence-corrected chi connectivity index (χ1v) is 6.00. The van der Waals surface area contributed by atoms with Gasteiger partial charge in [0.1, 0.15) is 11.9 Å². The molecule has 16 heavy (non-hydrogen) atoms. The molecule has 1 saturated carbocycles. The molecule has 88 valence electrons. The Morgan fingerprint density at radius 1 is 1.19 bits per heavy atom. The quantitative estimate of drug-likeness (QED) is 0.830. The topological polar surface area (TPSA) is 29.5 Å².